The average molecular weight is 290 g/mol. The molecule has 1 spiro atoms. The second-order valence-electron chi connectivity index (χ2n) is 8.68. The summed E-state index contributed by atoms with van der Waals surface area (Å²) in [6.07, 6.45) is 12.9. The molecule has 4 fully saturated rings. The molecule has 1 aliphatic heterocycles. The Hall–Kier alpha value is -0.570. The zero-order valence-corrected chi connectivity index (χ0v) is 13.7. The van der Waals surface area contributed by atoms with Crippen LogP contribution in [0.5, 0.6) is 0 Å². The van der Waals surface area contributed by atoms with Crippen molar-refractivity contribution in [3.05, 3.63) is 0 Å². The molecule has 2 unspecified atom stereocenters. The van der Waals surface area contributed by atoms with Gasteiger partial charge in [-0.15, -0.1) is 0 Å². The summed E-state index contributed by atoms with van der Waals surface area (Å²) in [6.45, 7) is 4.77. The summed E-state index contributed by atoms with van der Waals surface area (Å²) in [7, 11) is 0. The van der Waals surface area contributed by atoms with Gasteiger partial charge in [0.1, 0.15) is 0 Å². The van der Waals surface area contributed by atoms with Gasteiger partial charge in [0.05, 0.1) is 11.7 Å². The first-order chi connectivity index (χ1) is 10.0. The van der Waals surface area contributed by atoms with Crippen LogP contribution in [0.4, 0.5) is 0 Å². The first kappa shape index (κ1) is 14.0. The second kappa shape index (κ2) is 4.71. The number of nitrogens with zero attached hydrogens (tertiary/aromatic N) is 1. The minimum atomic E-state index is -0.138. The topological polar surface area (TPSA) is 32.3 Å². The second-order valence-corrected chi connectivity index (χ2v) is 8.68. The molecule has 0 radical (unpaired) electrons. The Bertz CT molecular complexity index is 434. The third-order valence-electron chi connectivity index (χ3n) is 6.75. The summed E-state index contributed by atoms with van der Waals surface area (Å²) in [5.74, 6) is 1.14. The smallest absolute Gasteiger partial charge is 0.244 e. The van der Waals surface area contributed by atoms with E-state index >= 15 is 0 Å². The van der Waals surface area contributed by atoms with E-state index < -0.39 is 0 Å². The monoisotopic (exact) mass is 290 g/mol. The lowest BCUT2D eigenvalue weighted by Gasteiger charge is -2.47. The lowest BCUT2D eigenvalue weighted by molar-refractivity contribution is -0.137. The van der Waals surface area contributed by atoms with Gasteiger partial charge in [0.25, 0.3) is 0 Å². The maximum absolute atomic E-state index is 13.1. The van der Waals surface area contributed by atoms with Gasteiger partial charge in [-0.2, -0.15) is 0 Å². The van der Waals surface area contributed by atoms with Crippen LogP contribution in [0.2, 0.25) is 0 Å². The van der Waals surface area contributed by atoms with Gasteiger partial charge in [0.2, 0.25) is 5.91 Å². The van der Waals surface area contributed by atoms with Crippen molar-refractivity contribution in [3.63, 3.8) is 0 Å². The van der Waals surface area contributed by atoms with Gasteiger partial charge in [0.15, 0.2) is 0 Å². The minimum absolute atomic E-state index is 0.138. The molecule has 1 amide bonds. The fourth-order valence-corrected chi connectivity index (χ4v) is 5.22. The molecule has 0 aromatic heterocycles. The van der Waals surface area contributed by atoms with Crippen LogP contribution in [-0.2, 0) is 4.79 Å². The average Bonchev–Trinajstić information content (AvgIpc) is 2.92. The van der Waals surface area contributed by atoms with Gasteiger partial charge in [-0.25, -0.2) is 0 Å². The molecule has 4 rings (SSSR count). The van der Waals surface area contributed by atoms with E-state index in [0.717, 1.165) is 12.8 Å². The number of rotatable bonds is 2. The van der Waals surface area contributed by atoms with Gasteiger partial charge in [-0.1, -0.05) is 39.5 Å². The first-order valence-corrected chi connectivity index (χ1v) is 9.14. The van der Waals surface area contributed by atoms with Crippen LogP contribution in [0.3, 0.4) is 0 Å². The highest BCUT2D eigenvalue weighted by molar-refractivity contribution is 5.92. The molecule has 3 nitrogen and oxygen atoms in total. The minimum Gasteiger partial charge on any atom is -0.322 e. The molecule has 0 aromatic carbocycles. The van der Waals surface area contributed by atoms with Crippen LogP contribution in [0.25, 0.3) is 0 Å². The molecule has 3 saturated carbocycles. The zero-order chi connectivity index (χ0) is 14.7. The number of hydrogen-bond donors (Lipinski definition) is 1. The van der Waals surface area contributed by atoms with Crippen molar-refractivity contribution in [1.82, 2.24) is 10.2 Å². The molecule has 1 N–H and O–H groups in total. The largest absolute Gasteiger partial charge is 0.322 e. The number of nitrogens with one attached hydrogen (secondary N) is 1. The highest BCUT2D eigenvalue weighted by Crippen LogP contribution is 2.50. The van der Waals surface area contributed by atoms with E-state index in [2.05, 4.69) is 24.1 Å². The molecule has 1 heterocycles. The highest BCUT2D eigenvalue weighted by atomic mass is 16.2. The number of hydrogen-bond acceptors (Lipinski definition) is 2. The summed E-state index contributed by atoms with van der Waals surface area (Å²) in [5, 5.41) is 3.79. The normalized spacial score (nSPS) is 38.4. The summed E-state index contributed by atoms with van der Waals surface area (Å²) in [6, 6.07) is 0.455. The number of carbonyl (C=O) groups is 1. The summed E-state index contributed by atoms with van der Waals surface area (Å²) in [4.78, 5) is 15.5. The molecule has 2 atom stereocenters. The van der Waals surface area contributed by atoms with E-state index in [1.807, 2.05) is 0 Å². The van der Waals surface area contributed by atoms with E-state index in [1.54, 1.807) is 0 Å². The van der Waals surface area contributed by atoms with Crippen LogP contribution in [0.15, 0.2) is 0 Å². The fourth-order valence-electron chi connectivity index (χ4n) is 5.22. The molecule has 21 heavy (non-hydrogen) atoms. The van der Waals surface area contributed by atoms with E-state index in [9.17, 15) is 4.79 Å². The van der Waals surface area contributed by atoms with E-state index in [4.69, 9.17) is 0 Å². The van der Waals surface area contributed by atoms with Gasteiger partial charge >= 0.3 is 0 Å². The Kier molecular flexibility index (Phi) is 3.15. The molecule has 0 bridgehead atoms. The molecule has 4 aliphatic rings. The molecule has 118 valence electrons. The van der Waals surface area contributed by atoms with Gasteiger partial charge < -0.3 is 4.90 Å². The van der Waals surface area contributed by atoms with Gasteiger partial charge in [0, 0.05) is 6.04 Å². The maximum atomic E-state index is 13.1. The first-order valence-electron chi connectivity index (χ1n) is 9.14. The van der Waals surface area contributed by atoms with Crippen molar-refractivity contribution >= 4 is 5.91 Å². The van der Waals surface area contributed by atoms with Gasteiger partial charge in [-0.05, 0) is 49.9 Å². The molecule has 1 saturated heterocycles. The number of amides is 1. The predicted octanol–water partition coefficient (Wildman–Crippen LogP) is 3.44. The highest BCUT2D eigenvalue weighted by Gasteiger charge is 2.62. The molecule has 3 aliphatic carbocycles. The third kappa shape index (κ3) is 2.15. The third-order valence-corrected chi connectivity index (χ3v) is 6.75. The van der Waals surface area contributed by atoms with Crippen LogP contribution < -0.4 is 5.32 Å². The number of carbonyl (C=O) groups excluding carboxylic acids is 1. The van der Waals surface area contributed by atoms with Crippen molar-refractivity contribution in [2.24, 2.45) is 11.3 Å². The van der Waals surface area contributed by atoms with Crippen LogP contribution in [0, 0.1) is 11.3 Å². The summed E-state index contributed by atoms with van der Waals surface area (Å²) >= 11 is 0. The van der Waals surface area contributed by atoms with E-state index in [-0.39, 0.29) is 11.0 Å². The summed E-state index contributed by atoms with van der Waals surface area (Å²) in [5.41, 5.74) is 0.146. The molecular formula is C18H30N2O. The summed E-state index contributed by atoms with van der Waals surface area (Å²) < 4.78 is 0. The fraction of sp³-hybridized carbons (Fsp3) is 0.944. The molecule has 0 aromatic rings. The SMILES string of the molecule is CC1(C)CCCCC1N1C(=O)C2(CC2)NC1C1CCCC1. The Morgan fingerprint density at radius 1 is 1.00 bits per heavy atom. The van der Waals surface area contributed by atoms with E-state index in [0.29, 0.717) is 24.0 Å². The van der Waals surface area contributed by atoms with E-state index in [1.165, 1.54) is 51.4 Å². The maximum Gasteiger partial charge on any atom is 0.244 e. The van der Waals surface area contributed by atoms with Crippen LogP contribution >= 0.6 is 0 Å². The van der Waals surface area contributed by atoms with Crippen molar-refractivity contribution in [2.75, 3.05) is 0 Å². The van der Waals surface area contributed by atoms with Crippen molar-refractivity contribution in [2.45, 2.75) is 95.8 Å². The van der Waals surface area contributed by atoms with Crippen molar-refractivity contribution < 1.29 is 4.79 Å². The quantitative estimate of drug-likeness (QED) is 0.845. The lowest BCUT2D eigenvalue weighted by Crippen LogP contribution is -2.54. The van der Waals surface area contributed by atoms with Gasteiger partial charge in [-0.3, -0.25) is 10.1 Å². The zero-order valence-electron chi connectivity index (χ0n) is 13.7. The Labute approximate surface area is 128 Å². The van der Waals surface area contributed by atoms with Crippen molar-refractivity contribution in [1.29, 1.82) is 0 Å². The Morgan fingerprint density at radius 3 is 2.29 bits per heavy atom. The van der Waals surface area contributed by atoms with Crippen LogP contribution in [0.1, 0.15) is 78.1 Å². The standard InChI is InChI=1S/C18H30N2O/c1-17(2)10-6-5-9-14(17)20-15(13-7-3-4-8-13)19-18(11-12-18)16(20)21/h13-15,19H,3-12H2,1-2H3. The predicted molar refractivity (Wildman–Crippen MR) is 83.7 cm³/mol. The molecular weight excluding hydrogens is 260 g/mol. The Morgan fingerprint density at radius 2 is 1.67 bits per heavy atom. The van der Waals surface area contributed by atoms with Crippen molar-refractivity contribution in [3.8, 4) is 0 Å². The molecule has 3 heteroatoms. The Balaban J connectivity index is 1.64. The lowest BCUT2D eigenvalue weighted by atomic mass is 9.72. The van der Waals surface area contributed by atoms with Crippen LogP contribution in [-0.4, -0.2) is 28.6 Å².